The molecule has 0 saturated carbocycles. The molecule has 1 aliphatic heterocycles. The van der Waals surface area contributed by atoms with E-state index in [2.05, 4.69) is 88.2 Å². The van der Waals surface area contributed by atoms with E-state index in [1.54, 1.807) is 0 Å². The highest BCUT2D eigenvalue weighted by atomic mass is 16.5. The maximum Gasteiger partial charge on any atom is 0.191 e. The highest BCUT2D eigenvalue weighted by Crippen LogP contribution is 2.20. The Morgan fingerprint density at radius 1 is 1.11 bits per heavy atom. The number of hydrogen-bond donors (Lipinski definition) is 2. The van der Waals surface area contributed by atoms with Gasteiger partial charge in [-0.2, -0.15) is 0 Å². The largest absolute Gasteiger partial charge is 0.374 e. The molecule has 5 nitrogen and oxygen atoms in total. The average Bonchev–Trinajstić information content (AvgIpc) is 2.74. The van der Waals surface area contributed by atoms with Crippen molar-refractivity contribution < 1.29 is 4.74 Å². The van der Waals surface area contributed by atoms with Gasteiger partial charge in [0, 0.05) is 39.1 Å². The van der Waals surface area contributed by atoms with Crippen LogP contribution in [0.15, 0.2) is 65.7 Å². The first-order valence-corrected chi connectivity index (χ1v) is 10.1. The molecule has 2 unspecified atom stereocenters. The Bertz CT molecular complexity index is 720. The molecule has 5 heteroatoms. The second-order valence-corrected chi connectivity index (χ2v) is 7.39. The third kappa shape index (κ3) is 6.36. The lowest BCUT2D eigenvalue weighted by atomic mass is 9.92. The number of rotatable bonds is 7. The smallest absolute Gasteiger partial charge is 0.191 e. The van der Waals surface area contributed by atoms with Gasteiger partial charge in [-0.05, 0) is 24.6 Å². The maximum absolute atomic E-state index is 5.83. The number of aliphatic imine (C=N–C) groups is 1. The average molecular weight is 381 g/mol. The van der Waals surface area contributed by atoms with Crippen molar-refractivity contribution in [3.63, 3.8) is 0 Å². The molecule has 0 aromatic heterocycles. The normalized spacial score (nSPS) is 19.2. The summed E-state index contributed by atoms with van der Waals surface area (Å²) in [7, 11) is 3.95. The number of ether oxygens (including phenoxy) is 1. The minimum atomic E-state index is 0.200. The molecule has 1 aliphatic rings. The number of nitrogens with zero attached hydrogens (tertiary/aromatic N) is 2. The molecule has 0 aliphatic carbocycles. The summed E-state index contributed by atoms with van der Waals surface area (Å²) < 4.78 is 5.83. The standard InChI is InChI=1S/C23H32N4O/c1-24-23(26-17-22-18-27(2)13-14-28-22)25-16-21(20-11-7-4-8-12-20)15-19-9-5-3-6-10-19/h3-12,21-22H,13-18H2,1-2H3,(H2,24,25,26). The van der Waals surface area contributed by atoms with Crippen molar-refractivity contribution >= 4 is 5.96 Å². The van der Waals surface area contributed by atoms with E-state index in [1.807, 2.05) is 7.05 Å². The van der Waals surface area contributed by atoms with Crippen LogP contribution < -0.4 is 10.6 Å². The molecule has 0 bridgehead atoms. The van der Waals surface area contributed by atoms with Crippen molar-refractivity contribution in [1.82, 2.24) is 15.5 Å². The summed E-state index contributed by atoms with van der Waals surface area (Å²) in [4.78, 5) is 6.69. The van der Waals surface area contributed by atoms with Gasteiger partial charge in [0.15, 0.2) is 5.96 Å². The van der Waals surface area contributed by atoms with Gasteiger partial charge in [-0.3, -0.25) is 4.99 Å². The van der Waals surface area contributed by atoms with Gasteiger partial charge in [-0.25, -0.2) is 0 Å². The Morgan fingerprint density at radius 2 is 1.82 bits per heavy atom. The number of benzene rings is 2. The van der Waals surface area contributed by atoms with Crippen LogP contribution in [0.4, 0.5) is 0 Å². The highest BCUT2D eigenvalue weighted by molar-refractivity contribution is 5.79. The van der Waals surface area contributed by atoms with E-state index in [0.29, 0.717) is 5.92 Å². The van der Waals surface area contributed by atoms with Gasteiger partial charge >= 0.3 is 0 Å². The van der Waals surface area contributed by atoms with Crippen LogP contribution in [0.25, 0.3) is 0 Å². The van der Waals surface area contributed by atoms with Crippen LogP contribution >= 0.6 is 0 Å². The van der Waals surface area contributed by atoms with E-state index < -0.39 is 0 Å². The number of morpholine rings is 1. The fourth-order valence-corrected chi connectivity index (χ4v) is 3.57. The number of hydrogen-bond acceptors (Lipinski definition) is 3. The zero-order chi connectivity index (χ0) is 19.6. The van der Waals surface area contributed by atoms with Gasteiger partial charge in [-0.1, -0.05) is 60.7 Å². The Morgan fingerprint density at radius 3 is 2.50 bits per heavy atom. The summed E-state index contributed by atoms with van der Waals surface area (Å²) in [6, 6.07) is 21.4. The summed E-state index contributed by atoms with van der Waals surface area (Å²) in [5, 5.41) is 6.93. The first-order chi connectivity index (χ1) is 13.7. The second-order valence-electron chi connectivity index (χ2n) is 7.39. The van der Waals surface area contributed by atoms with Gasteiger partial charge in [0.2, 0.25) is 0 Å². The van der Waals surface area contributed by atoms with Gasteiger partial charge in [0.05, 0.1) is 12.7 Å². The molecule has 28 heavy (non-hydrogen) atoms. The molecule has 1 fully saturated rings. The van der Waals surface area contributed by atoms with Crippen molar-refractivity contribution in [2.45, 2.75) is 18.4 Å². The SMILES string of the molecule is CN=C(NCC1CN(C)CCO1)NCC(Cc1ccccc1)c1ccccc1. The maximum atomic E-state index is 5.83. The van der Waals surface area contributed by atoms with E-state index >= 15 is 0 Å². The minimum Gasteiger partial charge on any atom is -0.374 e. The van der Waals surface area contributed by atoms with Crippen molar-refractivity contribution in [2.24, 2.45) is 4.99 Å². The fraction of sp³-hybridized carbons (Fsp3) is 0.435. The molecule has 1 saturated heterocycles. The van der Waals surface area contributed by atoms with E-state index in [0.717, 1.165) is 45.2 Å². The van der Waals surface area contributed by atoms with Crippen molar-refractivity contribution in [2.75, 3.05) is 46.9 Å². The van der Waals surface area contributed by atoms with Crippen molar-refractivity contribution in [1.29, 1.82) is 0 Å². The molecule has 0 radical (unpaired) electrons. The van der Waals surface area contributed by atoms with Crippen molar-refractivity contribution in [3.05, 3.63) is 71.8 Å². The van der Waals surface area contributed by atoms with Crippen molar-refractivity contribution in [3.8, 4) is 0 Å². The predicted molar refractivity (Wildman–Crippen MR) is 116 cm³/mol. The van der Waals surface area contributed by atoms with Crippen LogP contribution in [0, 0.1) is 0 Å². The predicted octanol–water partition coefficient (Wildman–Crippen LogP) is 2.51. The van der Waals surface area contributed by atoms with Gasteiger partial charge in [0.25, 0.3) is 0 Å². The minimum absolute atomic E-state index is 0.200. The lowest BCUT2D eigenvalue weighted by molar-refractivity contribution is -0.0161. The lowest BCUT2D eigenvalue weighted by Gasteiger charge is -2.30. The van der Waals surface area contributed by atoms with E-state index in [9.17, 15) is 0 Å². The Hall–Kier alpha value is -2.37. The van der Waals surface area contributed by atoms with Crippen LogP contribution in [0.5, 0.6) is 0 Å². The molecule has 0 spiro atoms. The molecule has 0 amide bonds. The summed E-state index contributed by atoms with van der Waals surface area (Å²) in [5.41, 5.74) is 2.69. The van der Waals surface area contributed by atoms with Crippen LogP contribution in [0.3, 0.4) is 0 Å². The monoisotopic (exact) mass is 380 g/mol. The second kappa shape index (κ2) is 10.8. The van der Waals surface area contributed by atoms with Crippen LogP contribution in [0.2, 0.25) is 0 Å². The summed E-state index contributed by atoms with van der Waals surface area (Å²) in [5.74, 6) is 1.20. The topological polar surface area (TPSA) is 48.9 Å². The third-order valence-electron chi connectivity index (χ3n) is 5.17. The van der Waals surface area contributed by atoms with Gasteiger partial charge < -0.3 is 20.3 Å². The van der Waals surface area contributed by atoms with Crippen LogP contribution in [-0.4, -0.2) is 63.8 Å². The van der Waals surface area contributed by atoms with Gasteiger partial charge in [-0.15, -0.1) is 0 Å². The zero-order valence-corrected chi connectivity index (χ0v) is 17.0. The van der Waals surface area contributed by atoms with Crippen LogP contribution in [0.1, 0.15) is 17.0 Å². The lowest BCUT2D eigenvalue weighted by Crippen LogP contribution is -2.48. The molecule has 1 heterocycles. The molecule has 150 valence electrons. The Balaban J connectivity index is 1.57. The quantitative estimate of drug-likeness (QED) is 0.572. The Labute approximate surface area is 168 Å². The summed E-state index contributed by atoms with van der Waals surface area (Å²) in [6.45, 7) is 4.33. The highest BCUT2D eigenvalue weighted by Gasteiger charge is 2.18. The number of guanidine groups is 1. The van der Waals surface area contributed by atoms with Crippen LogP contribution in [-0.2, 0) is 11.2 Å². The van der Waals surface area contributed by atoms with E-state index in [-0.39, 0.29) is 6.10 Å². The number of likely N-dealkylation sites (N-methyl/N-ethyl adjacent to an activating group) is 1. The first kappa shape index (κ1) is 20.4. The summed E-state index contributed by atoms with van der Waals surface area (Å²) >= 11 is 0. The molecule has 2 aromatic carbocycles. The number of nitrogens with one attached hydrogen (secondary N) is 2. The molecule has 2 N–H and O–H groups in total. The zero-order valence-electron chi connectivity index (χ0n) is 17.0. The van der Waals surface area contributed by atoms with E-state index in [4.69, 9.17) is 4.74 Å². The molecule has 2 atom stereocenters. The molecular formula is C23H32N4O. The fourth-order valence-electron chi connectivity index (χ4n) is 3.57. The summed E-state index contributed by atoms with van der Waals surface area (Å²) in [6.07, 6.45) is 1.19. The molecule has 3 rings (SSSR count). The van der Waals surface area contributed by atoms with Gasteiger partial charge in [0.1, 0.15) is 0 Å². The Kier molecular flexibility index (Phi) is 7.88. The van der Waals surface area contributed by atoms with E-state index in [1.165, 1.54) is 11.1 Å². The molecular weight excluding hydrogens is 348 g/mol. The third-order valence-corrected chi connectivity index (χ3v) is 5.17. The first-order valence-electron chi connectivity index (χ1n) is 10.1. The molecule has 2 aromatic rings.